The van der Waals surface area contributed by atoms with Gasteiger partial charge < -0.3 is 10.4 Å². The van der Waals surface area contributed by atoms with Crippen LogP contribution in [0.1, 0.15) is 44.3 Å². The number of β-amino-alcohol motifs (C(OH)–C–C–N with tert-alkyl or cyclic N) is 1. The van der Waals surface area contributed by atoms with Gasteiger partial charge in [-0.25, -0.2) is 13.6 Å². The van der Waals surface area contributed by atoms with Crippen LogP contribution in [0.25, 0.3) is 0 Å². The van der Waals surface area contributed by atoms with E-state index in [0.717, 1.165) is 29.9 Å². The van der Waals surface area contributed by atoms with E-state index in [2.05, 4.69) is 12.2 Å². The lowest BCUT2D eigenvalue weighted by atomic mass is 9.77. The van der Waals surface area contributed by atoms with Crippen molar-refractivity contribution in [2.75, 3.05) is 6.54 Å². The molecular weight excluding hydrogens is 318 g/mol. The van der Waals surface area contributed by atoms with Gasteiger partial charge >= 0.3 is 6.03 Å². The summed E-state index contributed by atoms with van der Waals surface area (Å²) in [7, 11) is 0. The number of aliphatic hydroxyl groups excluding tert-OH is 1. The number of urea groups is 1. The highest BCUT2D eigenvalue weighted by atomic mass is 19.2. The van der Waals surface area contributed by atoms with Crippen LogP contribution in [0, 0.1) is 17.6 Å². The highest BCUT2D eigenvalue weighted by molar-refractivity contribution is 6.07. The zero-order valence-electron chi connectivity index (χ0n) is 13.4. The summed E-state index contributed by atoms with van der Waals surface area (Å²) in [5.74, 6) is -1.93. The number of aliphatic hydroxyl groups is 1. The molecule has 3 amide bonds. The highest BCUT2D eigenvalue weighted by Crippen LogP contribution is 2.36. The lowest BCUT2D eigenvalue weighted by Crippen LogP contribution is -2.49. The molecule has 1 aromatic rings. The van der Waals surface area contributed by atoms with Gasteiger partial charge in [0.2, 0.25) is 0 Å². The number of amides is 3. The summed E-state index contributed by atoms with van der Waals surface area (Å²) in [6.45, 7) is 1.83. The van der Waals surface area contributed by atoms with Crippen molar-refractivity contribution in [1.29, 1.82) is 0 Å². The van der Waals surface area contributed by atoms with E-state index in [4.69, 9.17) is 0 Å². The summed E-state index contributed by atoms with van der Waals surface area (Å²) in [5, 5.41) is 13.0. The summed E-state index contributed by atoms with van der Waals surface area (Å²) >= 11 is 0. The van der Waals surface area contributed by atoms with E-state index in [1.807, 2.05) is 0 Å². The second kappa shape index (κ2) is 6.12. The molecule has 1 aromatic carbocycles. The van der Waals surface area contributed by atoms with Crippen LogP contribution >= 0.6 is 0 Å². The predicted octanol–water partition coefficient (Wildman–Crippen LogP) is 2.50. The van der Waals surface area contributed by atoms with Crippen LogP contribution in [0.4, 0.5) is 13.6 Å². The molecule has 24 heavy (non-hydrogen) atoms. The average molecular weight is 338 g/mol. The van der Waals surface area contributed by atoms with Gasteiger partial charge in [-0.1, -0.05) is 13.0 Å². The van der Waals surface area contributed by atoms with Gasteiger partial charge in [0.1, 0.15) is 5.54 Å². The van der Waals surface area contributed by atoms with Gasteiger partial charge in [-0.05, 0) is 49.3 Å². The van der Waals surface area contributed by atoms with Gasteiger partial charge in [0, 0.05) is 0 Å². The fraction of sp³-hybridized carbons (Fsp3) is 0.529. The molecule has 2 aliphatic rings. The van der Waals surface area contributed by atoms with Gasteiger partial charge in [0.15, 0.2) is 11.6 Å². The van der Waals surface area contributed by atoms with E-state index >= 15 is 0 Å². The maximum Gasteiger partial charge on any atom is 0.325 e. The van der Waals surface area contributed by atoms with Crippen LogP contribution in [0.2, 0.25) is 0 Å². The molecule has 2 N–H and O–H groups in total. The van der Waals surface area contributed by atoms with E-state index in [1.54, 1.807) is 0 Å². The highest BCUT2D eigenvalue weighted by Gasteiger charge is 2.52. The number of benzene rings is 1. The van der Waals surface area contributed by atoms with Gasteiger partial charge in [-0.15, -0.1) is 0 Å². The van der Waals surface area contributed by atoms with E-state index in [-0.39, 0.29) is 18.0 Å². The molecule has 1 aliphatic heterocycles. The summed E-state index contributed by atoms with van der Waals surface area (Å²) in [6, 6.07) is 2.47. The van der Waals surface area contributed by atoms with Crippen molar-refractivity contribution in [3.63, 3.8) is 0 Å². The average Bonchev–Trinajstić information content (AvgIpc) is 2.77. The zero-order chi connectivity index (χ0) is 17.5. The number of nitrogens with one attached hydrogen (secondary N) is 1. The minimum atomic E-state index is -1.27. The molecule has 1 saturated carbocycles. The third-order valence-corrected chi connectivity index (χ3v) is 5.06. The second-order valence-corrected chi connectivity index (χ2v) is 6.80. The molecule has 0 aromatic heterocycles. The molecule has 130 valence electrons. The number of carbonyl (C=O) groups is 2. The van der Waals surface area contributed by atoms with Crippen molar-refractivity contribution in [3.05, 3.63) is 35.4 Å². The molecule has 7 heteroatoms. The molecule has 1 saturated heterocycles. The normalized spacial score (nSPS) is 28.3. The number of halogens is 2. The monoisotopic (exact) mass is 338 g/mol. The Kier molecular flexibility index (Phi) is 4.29. The van der Waals surface area contributed by atoms with Crippen molar-refractivity contribution in [3.8, 4) is 0 Å². The number of hydrogen-bond acceptors (Lipinski definition) is 3. The summed E-state index contributed by atoms with van der Waals surface area (Å²) in [6.07, 6.45) is 1.59. The van der Waals surface area contributed by atoms with E-state index in [1.165, 1.54) is 6.07 Å². The smallest absolute Gasteiger partial charge is 0.325 e. The minimum absolute atomic E-state index is 0.118. The van der Waals surface area contributed by atoms with Crippen LogP contribution in [0.3, 0.4) is 0 Å². The zero-order valence-corrected chi connectivity index (χ0v) is 13.4. The third-order valence-electron chi connectivity index (χ3n) is 5.06. The van der Waals surface area contributed by atoms with Crippen molar-refractivity contribution in [2.45, 2.75) is 44.2 Å². The number of imide groups is 1. The Morgan fingerprint density at radius 3 is 2.58 bits per heavy atom. The summed E-state index contributed by atoms with van der Waals surface area (Å²) < 4.78 is 26.3. The van der Waals surface area contributed by atoms with Gasteiger partial charge in [0.05, 0.1) is 12.6 Å². The molecule has 1 aliphatic carbocycles. The van der Waals surface area contributed by atoms with E-state index in [0.29, 0.717) is 18.8 Å². The number of carbonyl (C=O) groups excluding carboxylic acids is 2. The molecule has 3 rings (SSSR count). The lowest BCUT2D eigenvalue weighted by Gasteiger charge is -2.33. The Morgan fingerprint density at radius 2 is 1.96 bits per heavy atom. The molecule has 0 radical (unpaired) electrons. The van der Waals surface area contributed by atoms with Crippen molar-refractivity contribution < 1.29 is 23.5 Å². The maximum absolute atomic E-state index is 13.3. The molecular formula is C17H20F2N2O3. The number of rotatable bonds is 3. The second-order valence-electron chi connectivity index (χ2n) is 6.80. The first-order chi connectivity index (χ1) is 11.3. The molecule has 1 unspecified atom stereocenters. The fourth-order valence-electron chi connectivity index (χ4n) is 3.43. The molecule has 1 atom stereocenters. The fourth-order valence-corrected chi connectivity index (χ4v) is 3.43. The molecule has 1 spiro atoms. The third kappa shape index (κ3) is 2.88. The predicted molar refractivity (Wildman–Crippen MR) is 81.9 cm³/mol. The first-order valence-electron chi connectivity index (χ1n) is 8.09. The van der Waals surface area contributed by atoms with Crippen molar-refractivity contribution in [2.24, 2.45) is 5.92 Å². The Labute approximate surface area is 138 Å². The quantitative estimate of drug-likeness (QED) is 0.832. The SMILES string of the molecule is CC1CCC2(CC1)NC(=O)N(CC(O)c1ccc(F)c(F)c1)C2=O. The maximum atomic E-state index is 13.3. The summed E-state index contributed by atoms with van der Waals surface area (Å²) in [5.41, 5.74) is -0.759. The van der Waals surface area contributed by atoms with Gasteiger partial charge in [-0.3, -0.25) is 9.69 Å². The largest absolute Gasteiger partial charge is 0.387 e. The number of hydrogen-bond donors (Lipinski definition) is 2. The van der Waals surface area contributed by atoms with Crippen molar-refractivity contribution in [1.82, 2.24) is 10.2 Å². The standard InChI is InChI=1S/C17H20F2N2O3/c1-10-4-6-17(7-5-10)15(23)21(16(24)20-17)9-14(22)11-2-3-12(18)13(19)8-11/h2-3,8,10,14,22H,4-7,9H2,1H3,(H,20,24). The summed E-state index contributed by atoms with van der Waals surface area (Å²) in [4.78, 5) is 25.8. The van der Waals surface area contributed by atoms with Gasteiger partial charge in [0.25, 0.3) is 5.91 Å². The molecule has 5 nitrogen and oxygen atoms in total. The Morgan fingerprint density at radius 1 is 1.29 bits per heavy atom. The van der Waals surface area contributed by atoms with Crippen LogP contribution in [-0.4, -0.2) is 34.0 Å². The minimum Gasteiger partial charge on any atom is -0.387 e. The molecule has 1 heterocycles. The van der Waals surface area contributed by atoms with E-state index in [9.17, 15) is 23.5 Å². The Bertz CT molecular complexity index is 672. The van der Waals surface area contributed by atoms with Crippen LogP contribution in [-0.2, 0) is 4.79 Å². The van der Waals surface area contributed by atoms with Crippen molar-refractivity contribution >= 4 is 11.9 Å². The Balaban J connectivity index is 1.74. The van der Waals surface area contributed by atoms with Gasteiger partial charge in [-0.2, -0.15) is 0 Å². The number of nitrogens with zero attached hydrogens (tertiary/aromatic N) is 1. The first kappa shape index (κ1) is 16.8. The van der Waals surface area contributed by atoms with Crippen LogP contribution in [0.5, 0.6) is 0 Å². The molecule has 2 fully saturated rings. The lowest BCUT2D eigenvalue weighted by molar-refractivity contribution is -0.133. The molecule has 0 bridgehead atoms. The topological polar surface area (TPSA) is 69.6 Å². The van der Waals surface area contributed by atoms with E-state index < -0.39 is 29.3 Å². The van der Waals surface area contributed by atoms with Crippen LogP contribution < -0.4 is 5.32 Å². The van der Waals surface area contributed by atoms with Crippen LogP contribution in [0.15, 0.2) is 18.2 Å². The Hall–Kier alpha value is -2.02. The first-order valence-corrected chi connectivity index (χ1v) is 8.09.